The molecule has 0 N–H and O–H groups in total. The first kappa shape index (κ1) is 15.1. The molecule has 1 aromatic heterocycles. The highest BCUT2D eigenvalue weighted by atomic mass is 16.5. The van der Waals surface area contributed by atoms with Crippen LogP contribution in [0, 0.1) is 0 Å². The maximum absolute atomic E-state index is 5.85. The van der Waals surface area contributed by atoms with Crippen LogP contribution in [0.5, 0.6) is 0 Å². The second-order valence-electron chi connectivity index (χ2n) is 6.45. The second kappa shape index (κ2) is 6.21. The molecule has 2 aromatic carbocycles. The van der Waals surface area contributed by atoms with Crippen LogP contribution in [0.2, 0.25) is 0 Å². The van der Waals surface area contributed by atoms with Gasteiger partial charge in [-0.3, -0.25) is 0 Å². The molecule has 2 heterocycles. The van der Waals surface area contributed by atoms with Gasteiger partial charge in [0.25, 0.3) is 0 Å². The van der Waals surface area contributed by atoms with E-state index in [9.17, 15) is 0 Å². The molecule has 1 aliphatic rings. The Kier molecular flexibility index (Phi) is 3.90. The van der Waals surface area contributed by atoms with E-state index in [2.05, 4.69) is 65.3 Å². The first-order valence-corrected chi connectivity index (χ1v) is 8.43. The minimum Gasteiger partial charge on any atom is -0.372 e. The monoisotopic (exact) mass is 319 g/mol. The summed E-state index contributed by atoms with van der Waals surface area (Å²) in [4.78, 5) is 2.29. The fraction of sp³-hybridized carbons (Fsp3) is 0.300. The lowest BCUT2D eigenvalue weighted by Gasteiger charge is -2.36. The number of morpholine rings is 1. The van der Waals surface area contributed by atoms with Gasteiger partial charge in [0.1, 0.15) is 5.69 Å². The van der Waals surface area contributed by atoms with Gasteiger partial charge in [0.15, 0.2) is 5.82 Å². The Labute approximate surface area is 142 Å². The molecule has 0 radical (unpaired) electrons. The topological polar surface area (TPSA) is 38.2 Å². The molecule has 0 amide bonds. The maximum Gasteiger partial charge on any atom is 0.159 e. The van der Waals surface area contributed by atoms with Gasteiger partial charge < -0.3 is 9.64 Å². The molecule has 4 rings (SSSR count). The summed E-state index contributed by atoms with van der Waals surface area (Å²) in [5.74, 6) is 0.951. The summed E-state index contributed by atoms with van der Waals surface area (Å²) in [6.07, 6.45) is 0.395. The summed E-state index contributed by atoms with van der Waals surface area (Å²) in [5, 5.41) is 11.5. The molecule has 2 atom stereocenters. The molecule has 122 valence electrons. The Bertz CT molecular complexity index is 840. The maximum atomic E-state index is 5.85. The zero-order valence-electron chi connectivity index (χ0n) is 14.0. The van der Waals surface area contributed by atoms with Crippen LogP contribution in [-0.2, 0) is 4.74 Å². The Morgan fingerprint density at radius 1 is 0.833 bits per heavy atom. The molecule has 1 saturated heterocycles. The molecule has 3 aromatic rings. The Hall–Kier alpha value is -2.46. The van der Waals surface area contributed by atoms with Gasteiger partial charge in [-0.25, -0.2) is 0 Å². The standard InChI is InChI=1S/C20H21N3O/c1-14-12-23(13-15(2)24-14)20-18-11-7-6-10-17(18)19(21-22-20)16-8-4-3-5-9-16/h3-11,14-15H,12-13H2,1-2H3/t14-,15-/m1/s1. The average Bonchev–Trinajstić information content (AvgIpc) is 2.60. The van der Waals surface area contributed by atoms with E-state index >= 15 is 0 Å². The summed E-state index contributed by atoms with van der Waals surface area (Å²) in [6.45, 7) is 5.90. The van der Waals surface area contributed by atoms with Crippen molar-refractivity contribution >= 4 is 16.6 Å². The van der Waals surface area contributed by atoms with E-state index in [1.54, 1.807) is 0 Å². The summed E-state index contributed by atoms with van der Waals surface area (Å²) in [7, 11) is 0. The first-order valence-electron chi connectivity index (χ1n) is 8.43. The Morgan fingerprint density at radius 2 is 1.46 bits per heavy atom. The lowest BCUT2D eigenvalue weighted by Crippen LogP contribution is -2.46. The van der Waals surface area contributed by atoms with Gasteiger partial charge in [-0.1, -0.05) is 54.6 Å². The van der Waals surface area contributed by atoms with Gasteiger partial charge in [-0.15, -0.1) is 10.2 Å². The predicted molar refractivity (Wildman–Crippen MR) is 97.2 cm³/mol. The summed E-state index contributed by atoms with van der Waals surface area (Å²) in [6, 6.07) is 18.6. The number of hydrogen-bond acceptors (Lipinski definition) is 4. The van der Waals surface area contributed by atoms with Crippen LogP contribution < -0.4 is 4.90 Å². The highest BCUT2D eigenvalue weighted by Crippen LogP contribution is 2.32. The molecule has 1 fully saturated rings. The number of hydrogen-bond donors (Lipinski definition) is 0. The average molecular weight is 319 g/mol. The van der Waals surface area contributed by atoms with Gasteiger partial charge in [0, 0.05) is 29.4 Å². The van der Waals surface area contributed by atoms with Crippen LogP contribution >= 0.6 is 0 Å². The molecule has 0 spiro atoms. The van der Waals surface area contributed by atoms with Crippen molar-refractivity contribution in [2.45, 2.75) is 26.1 Å². The molecular weight excluding hydrogens is 298 g/mol. The van der Waals surface area contributed by atoms with Crippen molar-refractivity contribution in [3.8, 4) is 11.3 Å². The van der Waals surface area contributed by atoms with Crippen LogP contribution in [0.25, 0.3) is 22.0 Å². The number of nitrogens with zero attached hydrogens (tertiary/aromatic N) is 3. The van der Waals surface area contributed by atoms with Gasteiger partial charge in [0.2, 0.25) is 0 Å². The number of anilines is 1. The largest absolute Gasteiger partial charge is 0.372 e. The molecular formula is C20H21N3O. The minimum absolute atomic E-state index is 0.197. The van der Waals surface area contributed by atoms with E-state index in [0.29, 0.717) is 0 Å². The van der Waals surface area contributed by atoms with E-state index in [4.69, 9.17) is 4.74 Å². The van der Waals surface area contributed by atoms with E-state index in [0.717, 1.165) is 40.9 Å². The van der Waals surface area contributed by atoms with Crippen molar-refractivity contribution < 1.29 is 4.74 Å². The lowest BCUT2D eigenvalue weighted by atomic mass is 10.0. The number of aromatic nitrogens is 2. The number of benzene rings is 2. The third kappa shape index (κ3) is 2.74. The fourth-order valence-electron chi connectivity index (χ4n) is 3.48. The zero-order valence-corrected chi connectivity index (χ0v) is 14.0. The van der Waals surface area contributed by atoms with Crippen LogP contribution in [0.1, 0.15) is 13.8 Å². The van der Waals surface area contributed by atoms with Crippen molar-refractivity contribution in [1.29, 1.82) is 0 Å². The van der Waals surface area contributed by atoms with E-state index < -0.39 is 0 Å². The van der Waals surface area contributed by atoms with E-state index in [1.807, 2.05) is 18.2 Å². The molecule has 1 aliphatic heterocycles. The van der Waals surface area contributed by atoms with E-state index in [-0.39, 0.29) is 12.2 Å². The van der Waals surface area contributed by atoms with Gasteiger partial charge in [0.05, 0.1) is 12.2 Å². The van der Waals surface area contributed by atoms with Gasteiger partial charge in [-0.2, -0.15) is 0 Å². The van der Waals surface area contributed by atoms with Gasteiger partial charge >= 0.3 is 0 Å². The molecule has 0 bridgehead atoms. The Morgan fingerprint density at radius 3 is 2.17 bits per heavy atom. The molecule has 0 aliphatic carbocycles. The smallest absolute Gasteiger partial charge is 0.159 e. The summed E-state index contributed by atoms with van der Waals surface area (Å²) >= 11 is 0. The molecule has 0 unspecified atom stereocenters. The van der Waals surface area contributed by atoms with Crippen molar-refractivity contribution in [2.24, 2.45) is 0 Å². The van der Waals surface area contributed by atoms with Crippen LogP contribution in [-0.4, -0.2) is 35.5 Å². The third-order valence-electron chi connectivity index (χ3n) is 4.43. The van der Waals surface area contributed by atoms with Gasteiger partial charge in [-0.05, 0) is 13.8 Å². The van der Waals surface area contributed by atoms with Crippen molar-refractivity contribution in [1.82, 2.24) is 10.2 Å². The predicted octanol–water partition coefficient (Wildman–Crippen LogP) is 3.91. The summed E-state index contributed by atoms with van der Waals surface area (Å²) in [5.41, 5.74) is 2.03. The SMILES string of the molecule is C[C@@H]1CN(c2nnc(-c3ccccc3)c3ccccc23)C[C@@H](C)O1. The minimum atomic E-state index is 0.197. The Balaban J connectivity index is 1.84. The lowest BCUT2D eigenvalue weighted by molar-refractivity contribution is -0.00540. The number of rotatable bonds is 2. The van der Waals surface area contributed by atoms with Crippen LogP contribution in [0.15, 0.2) is 54.6 Å². The summed E-state index contributed by atoms with van der Waals surface area (Å²) < 4.78 is 5.85. The van der Waals surface area contributed by atoms with Crippen molar-refractivity contribution in [2.75, 3.05) is 18.0 Å². The number of fused-ring (bicyclic) bond motifs is 1. The quantitative estimate of drug-likeness (QED) is 0.718. The fourth-order valence-corrected chi connectivity index (χ4v) is 3.48. The number of ether oxygens (including phenoxy) is 1. The highest BCUT2D eigenvalue weighted by molar-refractivity contribution is 6.00. The highest BCUT2D eigenvalue weighted by Gasteiger charge is 2.25. The molecule has 24 heavy (non-hydrogen) atoms. The first-order chi connectivity index (χ1) is 11.7. The van der Waals surface area contributed by atoms with E-state index in [1.165, 1.54) is 0 Å². The van der Waals surface area contributed by atoms with Crippen LogP contribution in [0.4, 0.5) is 5.82 Å². The zero-order chi connectivity index (χ0) is 16.5. The molecule has 4 nitrogen and oxygen atoms in total. The van der Waals surface area contributed by atoms with Crippen molar-refractivity contribution in [3.05, 3.63) is 54.6 Å². The van der Waals surface area contributed by atoms with Crippen LogP contribution in [0.3, 0.4) is 0 Å². The third-order valence-corrected chi connectivity index (χ3v) is 4.43. The molecule has 4 heteroatoms. The normalized spacial score (nSPS) is 21.2. The van der Waals surface area contributed by atoms with Crippen molar-refractivity contribution in [3.63, 3.8) is 0 Å². The molecule has 0 saturated carbocycles. The second-order valence-corrected chi connectivity index (χ2v) is 6.45.